The van der Waals surface area contributed by atoms with Gasteiger partial charge in [0.05, 0.1) is 15.4 Å². The zero-order valence-corrected chi connectivity index (χ0v) is 16.5. The summed E-state index contributed by atoms with van der Waals surface area (Å²) in [5.41, 5.74) is 4.58. The maximum absolute atomic E-state index is 12.6. The number of pyridine rings is 1. The third kappa shape index (κ3) is 4.38. The van der Waals surface area contributed by atoms with Crippen molar-refractivity contribution in [3.8, 4) is 11.6 Å². The molecule has 0 aliphatic heterocycles. The predicted octanol–water partition coefficient (Wildman–Crippen LogP) is 2.56. The van der Waals surface area contributed by atoms with Crippen LogP contribution in [0.2, 0.25) is 5.02 Å². The monoisotopic (exact) mass is 428 g/mol. The lowest BCUT2D eigenvalue weighted by molar-refractivity contribution is -0.385. The minimum atomic E-state index is -3.89. The van der Waals surface area contributed by atoms with E-state index < -0.39 is 26.5 Å². The SMILES string of the molecule is CCN(CC)S(=O)(=O)c1ccc(Oc2ncc(C(N)=O)cc2Cl)c([N+](=O)[O-])c1. The van der Waals surface area contributed by atoms with Crippen molar-refractivity contribution < 1.29 is 22.9 Å². The minimum absolute atomic E-state index is 0.0347. The van der Waals surface area contributed by atoms with E-state index in [9.17, 15) is 23.3 Å². The lowest BCUT2D eigenvalue weighted by atomic mass is 10.2. The number of benzene rings is 1. The van der Waals surface area contributed by atoms with Crippen molar-refractivity contribution in [2.24, 2.45) is 5.73 Å². The largest absolute Gasteiger partial charge is 0.430 e. The quantitative estimate of drug-likeness (QED) is 0.502. The molecule has 2 N–H and O–H groups in total. The molecule has 1 aromatic heterocycles. The second-order valence-electron chi connectivity index (χ2n) is 5.45. The van der Waals surface area contributed by atoms with Crippen LogP contribution < -0.4 is 10.5 Å². The molecule has 0 saturated heterocycles. The van der Waals surface area contributed by atoms with Gasteiger partial charge in [0.1, 0.15) is 5.02 Å². The van der Waals surface area contributed by atoms with Gasteiger partial charge in [0.2, 0.25) is 27.6 Å². The second-order valence-corrected chi connectivity index (χ2v) is 7.80. The van der Waals surface area contributed by atoms with Gasteiger partial charge in [-0.15, -0.1) is 0 Å². The number of amides is 1. The Labute approximate surface area is 166 Å². The third-order valence-corrected chi connectivity index (χ3v) is 6.09. The van der Waals surface area contributed by atoms with E-state index >= 15 is 0 Å². The normalized spacial score (nSPS) is 11.4. The molecule has 0 saturated carbocycles. The number of rotatable bonds is 8. The van der Waals surface area contributed by atoms with Gasteiger partial charge in [-0.1, -0.05) is 25.4 Å². The van der Waals surface area contributed by atoms with E-state index in [1.807, 2.05) is 0 Å². The first kappa shape index (κ1) is 21.5. The molecule has 0 atom stereocenters. The maximum Gasteiger partial charge on any atom is 0.312 e. The average Bonchev–Trinajstić information content (AvgIpc) is 2.63. The second kappa shape index (κ2) is 8.50. The highest BCUT2D eigenvalue weighted by Gasteiger charge is 2.27. The summed E-state index contributed by atoms with van der Waals surface area (Å²) in [4.78, 5) is 25.4. The number of nitrogens with two attached hydrogens (primary N) is 1. The molecule has 1 amide bonds. The number of hydrogen-bond donors (Lipinski definition) is 1. The minimum Gasteiger partial charge on any atom is -0.430 e. The molecule has 10 nitrogen and oxygen atoms in total. The van der Waals surface area contributed by atoms with Crippen LogP contribution >= 0.6 is 11.6 Å². The van der Waals surface area contributed by atoms with E-state index in [2.05, 4.69) is 4.98 Å². The topological polar surface area (TPSA) is 146 Å². The number of sulfonamides is 1. The Kier molecular flexibility index (Phi) is 6.54. The molecule has 1 aromatic carbocycles. The molecule has 0 fully saturated rings. The van der Waals surface area contributed by atoms with Gasteiger partial charge in [0.25, 0.3) is 0 Å². The number of nitro benzene ring substituents is 1. The van der Waals surface area contributed by atoms with Gasteiger partial charge in [-0.25, -0.2) is 13.4 Å². The molecule has 2 rings (SSSR count). The van der Waals surface area contributed by atoms with Crippen molar-refractivity contribution >= 4 is 33.2 Å². The van der Waals surface area contributed by atoms with Gasteiger partial charge < -0.3 is 10.5 Å². The van der Waals surface area contributed by atoms with Crippen molar-refractivity contribution in [3.05, 3.63) is 51.2 Å². The Bertz CT molecular complexity index is 1020. The first-order chi connectivity index (χ1) is 13.1. The molecule has 0 aliphatic rings. The molecule has 2 aromatic rings. The lowest BCUT2D eigenvalue weighted by Gasteiger charge is -2.18. The predicted molar refractivity (Wildman–Crippen MR) is 101 cm³/mol. The van der Waals surface area contributed by atoms with Crippen molar-refractivity contribution in [1.29, 1.82) is 0 Å². The number of halogens is 1. The first-order valence-electron chi connectivity index (χ1n) is 8.03. The Hall–Kier alpha value is -2.76. The van der Waals surface area contributed by atoms with Crippen molar-refractivity contribution in [2.75, 3.05) is 13.1 Å². The molecule has 1 heterocycles. The van der Waals surface area contributed by atoms with Gasteiger partial charge >= 0.3 is 5.69 Å². The molecule has 0 spiro atoms. The Balaban J connectivity index is 2.47. The smallest absolute Gasteiger partial charge is 0.312 e. The van der Waals surface area contributed by atoms with Crippen LogP contribution in [0.5, 0.6) is 11.6 Å². The van der Waals surface area contributed by atoms with Crippen LogP contribution in [-0.2, 0) is 10.0 Å². The highest BCUT2D eigenvalue weighted by atomic mass is 35.5. The summed E-state index contributed by atoms with van der Waals surface area (Å²) in [5, 5.41) is 11.3. The van der Waals surface area contributed by atoms with E-state index in [0.717, 1.165) is 18.3 Å². The fourth-order valence-electron chi connectivity index (χ4n) is 2.34. The van der Waals surface area contributed by atoms with Crippen LogP contribution in [-0.4, -0.2) is 41.6 Å². The number of aromatic nitrogens is 1. The zero-order valence-electron chi connectivity index (χ0n) is 15.0. The van der Waals surface area contributed by atoms with Crippen molar-refractivity contribution in [2.45, 2.75) is 18.7 Å². The fraction of sp³-hybridized carbons (Fsp3) is 0.250. The van der Waals surface area contributed by atoms with Crippen molar-refractivity contribution in [1.82, 2.24) is 9.29 Å². The Morgan fingerprint density at radius 1 is 1.32 bits per heavy atom. The van der Waals surface area contributed by atoms with Crippen LogP contribution in [0.4, 0.5) is 5.69 Å². The Morgan fingerprint density at radius 3 is 2.46 bits per heavy atom. The molecular weight excluding hydrogens is 412 g/mol. The van der Waals surface area contributed by atoms with Crippen LogP contribution in [0.15, 0.2) is 35.4 Å². The number of carbonyl (C=O) groups excluding carboxylic acids is 1. The number of carbonyl (C=O) groups is 1. The lowest BCUT2D eigenvalue weighted by Crippen LogP contribution is -2.30. The summed E-state index contributed by atoms with van der Waals surface area (Å²) < 4.78 is 31.7. The van der Waals surface area contributed by atoms with E-state index in [1.54, 1.807) is 13.8 Å². The number of nitro groups is 1. The van der Waals surface area contributed by atoms with E-state index in [-0.39, 0.29) is 40.2 Å². The molecule has 0 bridgehead atoms. The summed E-state index contributed by atoms with van der Waals surface area (Å²) in [6, 6.07) is 4.46. The Morgan fingerprint density at radius 2 is 1.96 bits per heavy atom. The summed E-state index contributed by atoms with van der Waals surface area (Å²) in [6.07, 6.45) is 1.11. The highest BCUT2D eigenvalue weighted by Crippen LogP contribution is 2.35. The first-order valence-corrected chi connectivity index (χ1v) is 9.85. The van der Waals surface area contributed by atoms with E-state index in [4.69, 9.17) is 22.1 Å². The summed E-state index contributed by atoms with van der Waals surface area (Å²) in [7, 11) is -3.89. The molecule has 0 unspecified atom stereocenters. The summed E-state index contributed by atoms with van der Waals surface area (Å²) in [5.74, 6) is -1.21. The van der Waals surface area contributed by atoms with Crippen LogP contribution in [0.25, 0.3) is 0 Å². The van der Waals surface area contributed by atoms with E-state index in [1.165, 1.54) is 16.4 Å². The number of hydrogen-bond acceptors (Lipinski definition) is 7. The molecule has 0 radical (unpaired) electrons. The van der Waals surface area contributed by atoms with Crippen LogP contribution in [0, 0.1) is 10.1 Å². The summed E-state index contributed by atoms with van der Waals surface area (Å²) in [6.45, 7) is 3.76. The van der Waals surface area contributed by atoms with Gasteiger partial charge in [0.15, 0.2) is 0 Å². The number of nitrogens with zero attached hydrogens (tertiary/aromatic N) is 3. The molecule has 150 valence electrons. The fourth-order valence-corrected chi connectivity index (χ4v) is 4.02. The van der Waals surface area contributed by atoms with Crippen molar-refractivity contribution in [3.63, 3.8) is 0 Å². The zero-order chi connectivity index (χ0) is 21.1. The molecule has 28 heavy (non-hydrogen) atoms. The molecular formula is C16H17ClN4O6S. The molecule has 0 aliphatic carbocycles. The maximum atomic E-state index is 12.6. The van der Waals surface area contributed by atoms with Gasteiger partial charge in [-0.2, -0.15) is 4.31 Å². The van der Waals surface area contributed by atoms with Crippen LogP contribution in [0.3, 0.4) is 0 Å². The highest BCUT2D eigenvalue weighted by molar-refractivity contribution is 7.89. The summed E-state index contributed by atoms with van der Waals surface area (Å²) >= 11 is 5.97. The number of ether oxygens (including phenoxy) is 1. The third-order valence-electron chi connectivity index (χ3n) is 3.77. The molecule has 12 heteroatoms. The number of primary amides is 1. The van der Waals surface area contributed by atoms with Gasteiger partial charge in [-0.3, -0.25) is 14.9 Å². The van der Waals surface area contributed by atoms with Gasteiger partial charge in [-0.05, 0) is 18.2 Å². The average molecular weight is 429 g/mol. The van der Waals surface area contributed by atoms with Crippen LogP contribution in [0.1, 0.15) is 24.2 Å². The van der Waals surface area contributed by atoms with E-state index in [0.29, 0.717) is 0 Å². The standard InChI is InChI=1S/C16H17ClN4O6S/c1-3-20(4-2)28(25,26)11-5-6-14(13(8-11)21(23)24)27-16-12(17)7-10(9-19-16)15(18)22/h5-9H,3-4H2,1-2H3,(H2,18,22). The van der Waals surface area contributed by atoms with Gasteiger partial charge in [0, 0.05) is 25.4 Å².